The quantitative estimate of drug-likeness (QED) is 0.659. The highest BCUT2D eigenvalue weighted by Gasteiger charge is 2.16. The van der Waals surface area contributed by atoms with Gasteiger partial charge in [-0.1, -0.05) is 6.92 Å². The third kappa shape index (κ3) is 6.30. The third-order valence-corrected chi connectivity index (χ3v) is 3.48. The molecule has 0 radical (unpaired) electrons. The second-order valence-corrected chi connectivity index (χ2v) is 4.71. The molecule has 2 N–H and O–H groups in total. The van der Waals surface area contributed by atoms with Gasteiger partial charge in [0.25, 0.3) is 0 Å². The molecule has 2 rings (SSSR count). The molecule has 0 bridgehead atoms. The van der Waals surface area contributed by atoms with E-state index < -0.39 is 6.93 Å². The van der Waals surface area contributed by atoms with Crippen LogP contribution in [0, 0.1) is 5.41 Å². The van der Waals surface area contributed by atoms with E-state index in [9.17, 15) is 23.1 Å². The smallest absolute Gasteiger partial charge is 0.229 e. The Kier molecular flexibility index (Phi) is 10.5. The maximum absolute atomic E-state index is 10.8. The summed E-state index contributed by atoms with van der Waals surface area (Å²) in [5, 5.41) is 17.8. The zero-order valence-corrected chi connectivity index (χ0v) is 13.4. The van der Waals surface area contributed by atoms with Crippen molar-refractivity contribution in [3.8, 4) is 5.75 Å². The van der Waals surface area contributed by atoms with Crippen molar-refractivity contribution >= 4 is 12.1 Å². The normalized spacial score (nSPS) is 12.7. The van der Waals surface area contributed by atoms with Gasteiger partial charge < -0.3 is 15.4 Å². The number of hydrogen-bond donors (Lipinski definition) is 2. The van der Waals surface area contributed by atoms with Crippen molar-refractivity contribution in [1.82, 2.24) is 4.90 Å². The van der Waals surface area contributed by atoms with Gasteiger partial charge in [0.1, 0.15) is 5.75 Å². The van der Waals surface area contributed by atoms with E-state index in [0.717, 1.165) is 30.4 Å². The molecule has 0 saturated carbocycles. The molecule has 23 heavy (non-hydrogen) atoms. The fraction of sp³-hybridized carbons (Fsp3) is 0.500. The molecule has 0 atom stereocenters. The monoisotopic (exact) mass is 332 g/mol. The van der Waals surface area contributed by atoms with Gasteiger partial charge in [0, 0.05) is 24.4 Å². The maximum Gasteiger partial charge on any atom is 0.229 e. The number of carbonyl (C=O) groups is 1. The Morgan fingerprint density at radius 2 is 1.74 bits per heavy atom. The van der Waals surface area contributed by atoms with Crippen LogP contribution in [0.3, 0.4) is 0 Å². The average Bonchev–Trinajstić information content (AvgIpc) is 2.77. The van der Waals surface area contributed by atoms with Crippen LogP contribution in [0.4, 0.5) is 13.2 Å². The van der Waals surface area contributed by atoms with Crippen molar-refractivity contribution in [3.63, 3.8) is 0 Å². The van der Waals surface area contributed by atoms with E-state index in [0.29, 0.717) is 38.0 Å². The molecule has 1 aliphatic heterocycles. The number of amides is 1. The number of phenols is 1. The number of carbonyl (C=O) groups excluding carboxylic acids is 1. The Bertz CT molecular complexity index is 510. The first-order valence-electron chi connectivity index (χ1n) is 7.18. The molecule has 0 saturated heterocycles. The number of halogens is 3. The molecule has 1 aliphatic rings. The lowest BCUT2D eigenvalue weighted by Gasteiger charge is -2.12. The first-order chi connectivity index (χ1) is 11.1. The summed E-state index contributed by atoms with van der Waals surface area (Å²) in [6.45, 7) is 1.56. The maximum atomic E-state index is 10.8. The molecule has 1 aromatic carbocycles. The Labute approximate surface area is 134 Å². The number of alkyl halides is 3. The van der Waals surface area contributed by atoms with E-state index >= 15 is 0 Å². The van der Waals surface area contributed by atoms with Crippen LogP contribution in [0.2, 0.25) is 0 Å². The Hall–Kier alpha value is -2.05. The Morgan fingerprint density at radius 1 is 1.26 bits per heavy atom. The lowest BCUT2D eigenvalue weighted by molar-refractivity contribution is -0.118. The minimum Gasteiger partial charge on any atom is -0.507 e. The van der Waals surface area contributed by atoms with Gasteiger partial charge in [-0.05, 0) is 42.5 Å². The molecule has 0 aliphatic carbocycles. The summed E-state index contributed by atoms with van der Waals surface area (Å²) in [5.41, 5.74) is 3.30. The largest absolute Gasteiger partial charge is 0.507 e. The molecule has 0 fully saturated rings. The fourth-order valence-electron chi connectivity index (χ4n) is 2.32. The molecule has 7 heteroatoms. The molecule has 1 heterocycles. The van der Waals surface area contributed by atoms with Gasteiger partial charge in [-0.25, -0.2) is 8.78 Å². The summed E-state index contributed by atoms with van der Waals surface area (Å²) >= 11 is 0. The minimum atomic E-state index is -1.75. The van der Waals surface area contributed by atoms with Crippen LogP contribution in [0.1, 0.15) is 30.0 Å². The van der Waals surface area contributed by atoms with Crippen molar-refractivity contribution in [2.75, 3.05) is 27.2 Å². The summed E-state index contributed by atoms with van der Waals surface area (Å²) in [7, 11) is 0.500. The number of nitrogens with one attached hydrogen (secondary N) is 1. The predicted octanol–water partition coefficient (Wildman–Crippen LogP) is 3.20. The van der Waals surface area contributed by atoms with Crippen molar-refractivity contribution in [3.05, 3.63) is 28.8 Å². The number of hydrogen-bond acceptors (Lipinski definition) is 3. The van der Waals surface area contributed by atoms with Crippen LogP contribution in [-0.2, 0) is 17.6 Å². The molecule has 0 unspecified atom stereocenters. The number of aromatic hydroxyl groups is 1. The predicted molar refractivity (Wildman–Crippen MR) is 84.4 cm³/mol. The van der Waals surface area contributed by atoms with Gasteiger partial charge >= 0.3 is 0 Å². The molecule has 1 amide bonds. The van der Waals surface area contributed by atoms with Gasteiger partial charge in [0.05, 0.1) is 7.18 Å². The first kappa shape index (κ1) is 20.9. The van der Waals surface area contributed by atoms with Crippen molar-refractivity contribution in [1.29, 1.82) is 5.41 Å². The second-order valence-electron chi connectivity index (χ2n) is 4.71. The van der Waals surface area contributed by atoms with Gasteiger partial charge in [0.2, 0.25) is 13.3 Å². The van der Waals surface area contributed by atoms with Gasteiger partial charge in [-0.2, -0.15) is 0 Å². The second kappa shape index (κ2) is 11.5. The standard InChI is InChI=1S/C14H18N2O2.CH2F2.CH3F/c1-2-13(15)12-7-10-3-5-16(9-17)6-4-11(10)8-14(12)18;2-1-3;1-2/h7-9,15,18H,2-6H2,1H3;1H2;1H3. The minimum absolute atomic E-state index is 0.181. The Morgan fingerprint density at radius 3 is 2.17 bits per heavy atom. The van der Waals surface area contributed by atoms with Crippen LogP contribution in [0.15, 0.2) is 12.1 Å². The van der Waals surface area contributed by atoms with Crippen molar-refractivity contribution < 1.29 is 23.1 Å². The van der Waals surface area contributed by atoms with E-state index in [1.807, 2.05) is 13.0 Å². The van der Waals surface area contributed by atoms with Gasteiger partial charge in [-0.15, -0.1) is 0 Å². The molecular formula is C16H23F3N2O2. The molecule has 1 aromatic rings. The summed E-state index contributed by atoms with van der Waals surface area (Å²) in [6, 6.07) is 3.66. The zero-order valence-electron chi connectivity index (χ0n) is 13.4. The van der Waals surface area contributed by atoms with E-state index in [-0.39, 0.29) is 5.75 Å². The average molecular weight is 332 g/mol. The zero-order chi connectivity index (χ0) is 17.8. The summed E-state index contributed by atoms with van der Waals surface area (Å²) in [5.74, 6) is 0.181. The summed E-state index contributed by atoms with van der Waals surface area (Å²) in [6.07, 6.45) is 3.03. The van der Waals surface area contributed by atoms with Crippen molar-refractivity contribution in [2.24, 2.45) is 0 Å². The molecule has 0 spiro atoms. The number of nitrogens with zero attached hydrogens (tertiary/aromatic N) is 1. The number of fused-ring (bicyclic) bond motifs is 1. The lowest BCUT2D eigenvalue weighted by atomic mass is 9.96. The van der Waals surface area contributed by atoms with Crippen LogP contribution in [-0.4, -0.2) is 49.3 Å². The van der Waals surface area contributed by atoms with Crippen molar-refractivity contribution in [2.45, 2.75) is 26.2 Å². The van der Waals surface area contributed by atoms with Crippen LogP contribution >= 0.6 is 0 Å². The highest BCUT2D eigenvalue weighted by atomic mass is 19.3. The topological polar surface area (TPSA) is 64.4 Å². The summed E-state index contributed by atoms with van der Waals surface area (Å²) < 4.78 is 28.8. The van der Waals surface area contributed by atoms with E-state index in [1.165, 1.54) is 0 Å². The molecule has 0 aromatic heterocycles. The third-order valence-electron chi connectivity index (χ3n) is 3.48. The Balaban J connectivity index is 0.000000868. The summed E-state index contributed by atoms with van der Waals surface area (Å²) in [4.78, 5) is 12.5. The van der Waals surface area contributed by atoms with Crippen LogP contribution in [0.25, 0.3) is 0 Å². The number of phenolic OH excluding ortho intramolecular Hbond substituents is 1. The van der Waals surface area contributed by atoms with Crippen LogP contribution < -0.4 is 0 Å². The molecule has 130 valence electrons. The lowest BCUT2D eigenvalue weighted by Crippen LogP contribution is -2.24. The van der Waals surface area contributed by atoms with E-state index in [4.69, 9.17) is 5.41 Å². The highest BCUT2D eigenvalue weighted by molar-refractivity contribution is 6.00. The number of rotatable bonds is 3. The van der Waals surface area contributed by atoms with Gasteiger partial charge in [0.15, 0.2) is 0 Å². The first-order valence-corrected chi connectivity index (χ1v) is 7.18. The van der Waals surface area contributed by atoms with Crippen LogP contribution in [0.5, 0.6) is 5.75 Å². The highest BCUT2D eigenvalue weighted by Crippen LogP contribution is 2.26. The van der Waals surface area contributed by atoms with E-state index in [1.54, 1.807) is 11.0 Å². The van der Waals surface area contributed by atoms with E-state index in [2.05, 4.69) is 0 Å². The molecule has 4 nitrogen and oxygen atoms in total. The fourth-order valence-corrected chi connectivity index (χ4v) is 2.32. The molecular weight excluding hydrogens is 309 g/mol. The SMILES string of the molecule is CCC(=N)c1cc2c(cc1O)CCN(C=O)CC2.CF.FCF. The number of benzene rings is 1. The van der Waals surface area contributed by atoms with Gasteiger partial charge in [-0.3, -0.25) is 9.18 Å².